The van der Waals surface area contributed by atoms with Crippen LogP contribution in [0.4, 0.5) is 5.69 Å². The largest absolute Gasteiger partial charge is 0.347 e. The summed E-state index contributed by atoms with van der Waals surface area (Å²) >= 11 is 5.96. The summed E-state index contributed by atoms with van der Waals surface area (Å²) in [5.74, 6) is 0. The second-order valence-electron chi connectivity index (χ2n) is 10.1. The van der Waals surface area contributed by atoms with Crippen LogP contribution >= 0.6 is 12.2 Å². The van der Waals surface area contributed by atoms with Crippen molar-refractivity contribution in [1.82, 2.24) is 14.4 Å². The molecule has 1 N–H and O–H groups in total. The minimum atomic E-state index is 0.659. The van der Waals surface area contributed by atoms with Crippen LogP contribution in [-0.2, 0) is 6.54 Å². The molecule has 180 valence electrons. The molecule has 0 atom stereocenters. The van der Waals surface area contributed by atoms with Gasteiger partial charge in [0.1, 0.15) is 0 Å². The number of rotatable bonds is 9. The molecule has 0 aliphatic heterocycles. The normalized spacial score (nSPS) is 17.5. The van der Waals surface area contributed by atoms with Gasteiger partial charge in [-0.15, -0.1) is 0 Å². The van der Waals surface area contributed by atoms with Crippen molar-refractivity contribution in [2.75, 3.05) is 25.5 Å². The van der Waals surface area contributed by atoms with Gasteiger partial charge in [0.15, 0.2) is 5.11 Å². The van der Waals surface area contributed by atoms with Gasteiger partial charge >= 0.3 is 0 Å². The molecule has 1 heterocycles. The lowest BCUT2D eigenvalue weighted by molar-refractivity contribution is 0.185. The molecule has 1 aromatic heterocycles. The number of thiocarbonyl (C=S) groups is 1. The first-order chi connectivity index (χ1) is 16.1. The molecule has 5 heteroatoms. The maximum Gasteiger partial charge on any atom is 0.173 e. The van der Waals surface area contributed by atoms with Gasteiger partial charge in [-0.3, -0.25) is 0 Å². The molecule has 0 amide bonds. The Morgan fingerprint density at radius 1 is 0.970 bits per heavy atom. The molecule has 0 bridgehead atoms. The standard InChI is InChI=1S/C28H42N4S/c1-23-12-6-9-18-27(23)29-28(33)31(20-11-19-30(2)24-13-4-3-5-14-24)22-26-17-10-21-32(26)25-15-7-8-16-25/h6,9-10,12,17-18,21,24-25H,3-5,7-8,11,13-16,19-20,22H2,1-2H3,(H,29,33). The molecule has 2 fully saturated rings. The molecule has 2 aliphatic carbocycles. The van der Waals surface area contributed by atoms with E-state index in [1.165, 1.54) is 69.0 Å². The fourth-order valence-corrected chi connectivity index (χ4v) is 5.94. The van der Waals surface area contributed by atoms with E-state index in [2.05, 4.69) is 76.3 Å². The summed E-state index contributed by atoms with van der Waals surface area (Å²) in [6.07, 6.45) is 15.7. The highest BCUT2D eigenvalue weighted by Gasteiger charge is 2.21. The van der Waals surface area contributed by atoms with E-state index in [0.717, 1.165) is 42.9 Å². The number of benzene rings is 1. The Bertz CT molecular complexity index is 880. The minimum absolute atomic E-state index is 0.659. The van der Waals surface area contributed by atoms with E-state index >= 15 is 0 Å². The molecular weight excluding hydrogens is 424 g/mol. The minimum Gasteiger partial charge on any atom is -0.347 e. The van der Waals surface area contributed by atoms with Crippen molar-refractivity contribution < 1.29 is 0 Å². The zero-order chi connectivity index (χ0) is 23.0. The SMILES string of the molecule is Cc1ccccc1NC(=S)N(CCCN(C)C1CCCCC1)Cc1cccn1C1CCCC1. The molecule has 0 radical (unpaired) electrons. The number of nitrogens with zero attached hydrogens (tertiary/aromatic N) is 3. The highest BCUT2D eigenvalue weighted by atomic mass is 32.1. The Balaban J connectivity index is 1.41. The lowest BCUT2D eigenvalue weighted by Crippen LogP contribution is -2.39. The molecule has 33 heavy (non-hydrogen) atoms. The van der Waals surface area contributed by atoms with Crippen molar-refractivity contribution in [3.63, 3.8) is 0 Å². The van der Waals surface area contributed by atoms with Crippen molar-refractivity contribution in [3.05, 3.63) is 53.9 Å². The topological polar surface area (TPSA) is 23.4 Å². The number of hydrogen-bond donors (Lipinski definition) is 1. The van der Waals surface area contributed by atoms with Gasteiger partial charge in [-0.25, -0.2) is 0 Å². The van der Waals surface area contributed by atoms with Crippen molar-refractivity contribution in [2.45, 2.75) is 89.8 Å². The zero-order valence-corrected chi connectivity index (χ0v) is 21.5. The monoisotopic (exact) mass is 466 g/mol. The summed E-state index contributed by atoms with van der Waals surface area (Å²) in [6, 6.07) is 14.3. The van der Waals surface area contributed by atoms with E-state index in [9.17, 15) is 0 Å². The van der Waals surface area contributed by atoms with Crippen LogP contribution in [0.3, 0.4) is 0 Å². The van der Waals surface area contributed by atoms with Crippen molar-refractivity contribution in [1.29, 1.82) is 0 Å². The first kappa shape index (κ1) is 24.3. The van der Waals surface area contributed by atoms with Crippen molar-refractivity contribution in [2.24, 2.45) is 0 Å². The third-order valence-electron chi connectivity index (χ3n) is 7.75. The van der Waals surface area contributed by atoms with Gasteiger partial charge < -0.3 is 19.7 Å². The molecule has 2 aliphatic rings. The second-order valence-corrected chi connectivity index (χ2v) is 10.5. The fourth-order valence-electron chi connectivity index (χ4n) is 5.67. The maximum atomic E-state index is 5.96. The Labute approximate surface area is 206 Å². The third kappa shape index (κ3) is 6.60. The van der Waals surface area contributed by atoms with Gasteiger partial charge in [0, 0.05) is 36.2 Å². The van der Waals surface area contributed by atoms with Crippen LogP contribution in [0.1, 0.15) is 81.5 Å². The predicted molar refractivity (Wildman–Crippen MR) is 144 cm³/mol. The summed E-state index contributed by atoms with van der Waals surface area (Å²) in [6.45, 7) is 5.12. The van der Waals surface area contributed by atoms with E-state index in [1.807, 2.05) is 0 Å². The Hall–Kier alpha value is -1.85. The number of hydrogen-bond acceptors (Lipinski definition) is 2. The molecule has 4 rings (SSSR count). The van der Waals surface area contributed by atoms with Crippen molar-refractivity contribution >= 4 is 23.0 Å². The van der Waals surface area contributed by atoms with Gasteiger partial charge in [-0.1, -0.05) is 50.3 Å². The molecule has 2 saturated carbocycles. The third-order valence-corrected chi connectivity index (χ3v) is 8.11. The summed E-state index contributed by atoms with van der Waals surface area (Å²) < 4.78 is 2.52. The Kier molecular flexibility index (Phi) is 8.85. The number of para-hydroxylation sites is 1. The number of aryl methyl sites for hydroxylation is 1. The number of anilines is 1. The highest BCUT2D eigenvalue weighted by Crippen LogP contribution is 2.31. The first-order valence-electron chi connectivity index (χ1n) is 13.1. The van der Waals surface area contributed by atoms with Gasteiger partial charge in [0.25, 0.3) is 0 Å². The lowest BCUT2D eigenvalue weighted by atomic mass is 9.94. The van der Waals surface area contributed by atoms with Crippen LogP contribution in [-0.4, -0.2) is 45.7 Å². The van der Waals surface area contributed by atoms with Crippen LogP contribution < -0.4 is 5.32 Å². The summed E-state index contributed by atoms with van der Waals surface area (Å²) in [4.78, 5) is 4.98. The Morgan fingerprint density at radius 2 is 1.70 bits per heavy atom. The maximum absolute atomic E-state index is 5.96. The summed E-state index contributed by atoms with van der Waals surface area (Å²) in [5.41, 5.74) is 3.72. The van der Waals surface area contributed by atoms with E-state index < -0.39 is 0 Å². The molecular formula is C28H42N4S. The fraction of sp³-hybridized carbons (Fsp3) is 0.607. The predicted octanol–water partition coefficient (Wildman–Crippen LogP) is 6.77. The molecule has 2 aromatic rings. The summed E-state index contributed by atoms with van der Waals surface area (Å²) in [7, 11) is 2.31. The average molecular weight is 467 g/mol. The van der Waals surface area contributed by atoms with Crippen LogP contribution in [0.25, 0.3) is 0 Å². The lowest BCUT2D eigenvalue weighted by Gasteiger charge is -2.32. The molecule has 1 aromatic carbocycles. The van der Waals surface area contributed by atoms with Gasteiger partial charge in [-0.2, -0.15) is 0 Å². The smallest absolute Gasteiger partial charge is 0.173 e. The van der Waals surface area contributed by atoms with E-state index in [1.54, 1.807) is 0 Å². The van der Waals surface area contributed by atoms with E-state index in [0.29, 0.717) is 6.04 Å². The van der Waals surface area contributed by atoms with Gasteiger partial charge in [0.05, 0.1) is 6.54 Å². The van der Waals surface area contributed by atoms with Gasteiger partial charge in [-0.05, 0) is 88.6 Å². The zero-order valence-electron chi connectivity index (χ0n) is 20.6. The van der Waals surface area contributed by atoms with E-state index in [-0.39, 0.29) is 0 Å². The molecule has 0 saturated heterocycles. The summed E-state index contributed by atoms with van der Waals surface area (Å²) in [5, 5.41) is 4.38. The quantitative estimate of drug-likeness (QED) is 0.412. The van der Waals surface area contributed by atoms with Crippen molar-refractivity contribution in [3.8, 4) is 0 Å². The first-order valence-corrected chi connectivity index (χ1v) is 13.5. The van der Waals surface area contributed by atoms with Crippen LogP contribution in [0, 0.1) is 6.92 Å². The number of nitrogens with one attached hydrogen (secondary N) is 1. The highest BCUT2D eigenvalue weighted by molar-refractivity contribution is 7.80. The van der Waals surface area contributed by atoms with Gasteiger partial charge in [0.2, 0.25) is 0 Å². The van der Waals surface area contributed by atoms with Crippen LogP contribution in [0.2, 0.25) is 0 Å². The molecule has 0 unspecified atom stereocenters. The second kappa shape index (κ2) is 12.0. The molecule has 4 nitrogen and oxygen atoms in total. The van der Waals surface area contributed by atoms with Crippen LogP contribution in [0.15, 0.2) is 42.6 Å². The Morgan fingerprint density at radius 3 is 2.45 bits per heavy atom. The van der Waals surface area contributed by atoms with E-state index in [4.69, 9.17) is 12.2 Å². The van der Waals surface area contributed by atoms with Crippen LogP contribution in [0.5, 0.6) is 0 Å². The average Bonchev–Trinajstić information content (AvgIpc) is 3.52. The molecule has 0 spiro atoms. The number of aromatic nitrogens is 1.